The summed E-state index contributed by atoms with van der Waals surface area (Å²) in [6, 6.07) is 14.4. The number of H-pyrrole nitrogens is 1. The normalized spacial score (nSPS) is 12.0. The van der Waals surface area contributed by atoms with Crippen LogP contribution in [0.5, 0.6) is 0 Å². The number of fused-ring (bicyclic) bond motifs is 1. The smallest absolute Gasteiger partial charge is 0.262 e. The summed E-state index contributed by atoms with van der Waals surface area (Å²) in [5.74, 6) is -0.483. The monoisotopic (exact) mass is 443 g/mol. The lowest BCUT2D eigenvalue weighted by molar-refractivity contribution is -0.123. The predicted molar refractivity (Wildman–Crippen MR) is 119 cm³/mol. The number of halogens is 1. The van der Waals surface area contributed by atoms with Gasteiger partial charge in [0.05, 0.1) is 15.8 Å². The molecule has 0 bridgehead atoms. The minimum Gasteiger partial charge on any atom is -0.361 e. The maximum atomic E-state index is 12.9. The lowest BCUT2D eigenvalue weighted by Gasteiger charge is -2.18. The molecule has 0 aliphatic carbocycles. The van der Waals surface area contributed by atoms with Crippen LogP contribution >= 0.6 is 34.3 Å². The Bertz CT molecular complexity index is 1130. The molecule has 4 rings (SSSR count). The Morgan fingerprint density at radius 3 is 2.72 bits per heavy atom. The number of para-hydroxylation sites is 1. The van der Waals surface area contributed by atoms with Crippen LogP contribution in [0.25, 0.3) is 10.9 Å². The summed E-state index contributed by atoms with van der Waals surface area (Å²) in [6.45, 7) is 0.371. The number of nitrogens with one attached hydrogen (secondary N) is 3. The van der Waals surface area contributed by atoms with Gasteiger partial charge in [0.2, 0.25) is 5.91 Å². The second-order valence-electron chi connectivity index (χ2n) is 6.49. The van der Waals surface area contributed by atoms with Crippen LogP contribution in [0.15, 0.2) is 60.1 Å². The third kappa shape index (κ3) is 4.70. The van der Waals surface area contributed by atoms with Crippen LogP contribution in [0, 0.1) is 0 Å². The van der Waals surface area contributed by atoms with E-state index in [1.807, 2.05) is 48.0 Å². The van der Waals surface area contributed by atoms with Crippen LogP contribution < -0.4 is 10.6 Å². The lowest BCUT2D eigenvalue weighted by atomic mass is 10.0. The van der Waals surface area contributed by atoms with Crippen molar-refractivity contribution >= 4 is 57.0 Å². The van der Waals surface area contributed by atoms with Crippen LogP contribution in [0.4, 0.5) is 0 Å². The first-order valence-corrected chi connectivity index (χ1v) is 11.1. The maximum Gasteiger partial charge on any atom is 0.262 e. The van der Waals surface area contributed by atoms with Gasteiger partial charge in [-0.05, 0) is 35.2 Å². The Labute approximate surface area is 180 Å². The van der Waals surface area contributed by atoms with Crippen molar-refractivity contribution in [3.05, 3.63) is 79.8 Å². The van der Waals surface area contributed by atoms with E-state index < -0.39 is 6.04 Å². The van der Waals surface area contributed by atoms with E-state index in [9.17, 15) is 9.59 Å². The maximum absolute atomic E-state index is 12.9. The highest BCUT2D eigenvalue weighted by molar-refractivity contribution is 7.16. The first-order chi connectivity index (χ1) is 14.1. The zero-order valence-corrected chi connectivity index (χ0v) is 17.7. The zero-order chi connectivity index (χ0) is 20.2. The number of benzene rings is 1. The number of amides is 2. The molecular weight excluding hydrogens is 426 g/mol. The fraction of sp³-hybridized carbons (Fsp3) is 0.143. The summed E-state index contributed by atoms with van der Waals surface area (Å²) in [6.07, 6.45) is 2.28. The van der Waals surface area contributed by atoms with Crippen molar-refractivity contribution in [3.8, 4) is 0 Å². The number of carbonyl (C=O) groups excluding carboxylic acids is 2. The Kier molecular flexibility index (Phi) is 5.99. The van der Waals surface area contributed by atoms with Gasteiger partial charge in [0.1, 0.15) is 6.04 Å². The molecule has 8 heteroatoms. The van der Waals surface area contributed by atoms with Crippen molar-refractivity contribution < 1.29 is 9.59 Å². The first kappa shape index (κ1) is 19.7. The molecule has 1 aromatic carbocycles. The summed E-state index contributed by atoms with van der Waals surface area (Å²) >= 11 is 8.73. The first-order valence-electron chi connectivity index (χ1n) is 9.01. The molecule has 3 heterocycles. The summed E-state index contributed by atoms with van der Waals surface area (Å²) in [5, 5.41) is 8.68. The molecule has 1 unspecified atom stereocenters. The molecular formula is C21H18ClN3O2S2. The van der Waals surface area contributed by atoms with Crippen molar-refractivity contribution in [2.75, 3.05) is 0 Å². The molecule has 0 aliphatic rings. The third-order valence-corrected chi connectivity index (χ3v) is 6.63. The van der Waals surface area contributed by atoms with Gasteiger partial charge in [-0.1, -0.05) is 35.9 Å². The second kappa shape index (κ2) is 8.82. The van der Waals surface area contributed by atoms with Crippen LogP contribution in [0.3, 0.4) is 0 Å². The molecule has 1 atom stereocenters. The van der Waals surface area contributed by atoms with Crippen LogP contribution in [-0.2, 0) is 17.8 Å². The summed E-state index contributed by atoms with van der Waals surface area (Å²) in [5.41, 5.74) is 1.98. The van der Waals surface area contributed by atoms with Gasteiger partial charge in [0.25, 0.3) is 5.91 Å². The molecule has 3 aromatic heterocycles. The topological polar surface area (TPSA) is 74.0 Å². The highest BCUT2D eigenvalue weighted by Gasteiger charge is 2.23. The van der Waals surface area contributed by atoms with Gasteiger partial charge in [-0.25, -0.2) is 0 Å². The van der Waals surface area contributed by atoms with Crippen molar-refractivity contribution in [3.63, 3.8) is 0 Å². The van der Waals surface area contributed by atoms with Gasteiger partial charge in [-0.3, -0.25) is 9.59 Å². The molecule has 0 fully saturated rings. The molecule has 0 spiro atoms. The summed E-state index contributed by atoms with van der Waals surface area (Å²) in [4.78, 5) is 30.3. The van der Waals surface area contributed by atoms with Gasteiger partial charge < -0.3 is 15.6 Å². The van der Waals surface area contributed by atoms with Gasteiger partial charge in [0, 0.05) is 28.4 Å². The average Bonchev–Trinajstić information content (AvgIpc) is 3.47. The largest absolute Gasteiger partial charge is 0.361 e. The van der Waals surface area contributed by atoms with Crippen molar-refractivity contribution in [1.82, 2.24) is 15.6 Å². The Balaban J connectivity index is 1.52. The van der Waals surface area contributed by atoms with Crippen LogP contribution in [0.2, 0.25) is 4.34 Å². The minimum atomic E-state index is -0.695. The van der Waals surface area contributed by atoms with Gasteiger partial charge in [-0.2, -0.15) is 0 Å². The minimum absolute atomic E-state index is 0.232. The van der Waals surface area contributed by atoms with E-state index >= 15 is 0 Å². The molecule has 0 aliphatic heterocycles. The van der Waals surface area contributed by atoms with E-state index in [0.717, 1.165) is 21.3 Å². The fourth-order valence-electron chi connectivity index (χ4n) is 3.11. The van der Waals surface area contributed by atoms with E-state index in [0.29, 0.717) is 22.2 Å². The zero-order valence-electron chi connectivity index (χ0n) is 15.3. The Morgan fingerprint density at radius 2 is 1.97 bits per heavy atom. The molecule has 2 amide bonds. The van der Waals surface area contributed by atoms with Crippen molar-refractivity contribution in [1.29, 1.82) is 0 Å². The molecule has 29 heavy (non-hydrogen) atoms. The number of aromatic amines is 1. The van der Waals surface area contributed by atoms with E-state index in [1.54, 1.807) is 12.1 Å². The molecule has 3 N–H and O–H groups in total. The third-order valence-electron chi connectivity index (χ3n) is 4.53. The van der Waals surface area contributed by atoms with E-state index in [2.05, 4.69) is 15.6 Å². The predicted octanol–water partition coefficient (Wildman–Crippen LogP) is 4.60. The summed E-state index contributed by atoms with van der Waals surface area (Å²) < 4.78 is 0.676. The molecule has 5 nitrogen and oxygen atoms in total. The van der Waals surface area contributed by atoms with Gasteiger partial charge in [0.15, 0.2) is 0 Å². The van der Waals surface area contributed by atoms with Crippen LogP contribution in [-0.4, -0.2) is 22.8 Å². The van der Waals surface area contributed by atoms with E-state index in [1.165, 1.54) is 22.7 Å². The highest BCUT2D eigenvalue weighted by Crippen LogP contribution is 2.22. The number of aromatic nitrogens is 1. The van der Waals surface area contributed by atoms with Crippen LogP contribution in [0.1, 0.15) is 20.1 Å². The van der Waals surface area contributed by atoms with Crippen molar-refractivity contribution in [2.24, 2.45) is 0 Å². The highest BCUT2D eigenvalue weighted by atomic mass is 35.5. The number of rotatable bonds is 7. The standard InChI is InChI=1S/C21H18ClN3O2S2/c22-19-8-7-14(29-19)12-24-20(26)17(25-21(27)18-6-3-9-28-18)10-13-11-23-16-5-2-1-4-15(13)16/h1-9,11,17,23H,10,12H2,(H,24,26)(H,25,27). The van der Waals surface area contributed by atoms with Crippen molar-refractivity contribution in [2.45, 2.75) is 19.0 Å². The molecule has 0 saturated carbocycles. The number of carbonyl (C=O) groups is 2. The van der Waals surface area contributed by atoms with Gasteiger partial charge in [-0.15, -0.1) is 22.7 Å². The van der Waals surface area contributed by atoms with Gasteiger partial charge >= 0.3 is 0 Å². The summed E-state index contributed by atoms with van der Waals surface area (Å²) in [7, 11) is 0. The van der Waals surface area contributed by atoms with E-state index in [-0.39, 0.29) is 11.8 Å². The second-order valence-corrected chi connectivity index (χ2v) is 9.24. The molecule has 0 radical (unpaired) electrons. The van der Waals surface area contributed by atoms with E-state index in [4.69, 9.17) is 11.6 Å². The number of thiophene rings is 2. The Morgan fingerprint density at radius 1 is 1.10 bits per heavy atom. The fourth-order valence-corrected chi connectivity index (χ4v) is 4.77. The quantitative estimate of drug-likeness (QED) is 0.390. The SMILES string of the molecule is O=C(NC(Cc1c[nH]c2ccccc12)C(=O)NCc1ccc(Cl)s1)c1cccs1. The molecule has 0 saturated heterocycles. The molecule has 148 valence electrons. The average molecular weight is 444 g/mol. The lowest BCUT2D eigenvalue weighted by Crippen LogP contribution is -2.47. The number of hydrogen-bond donors (Lipinski definition) is 3. The molecule has 4 aromatic rings. The number of hydrogen-bond acceptors (Lipinski definition) is 4. The Hall–Kier alpha value is -2.61.